The van der Waals surface area contributed by atoms with Crippen LogP contribution in [-0.4, -0.2) is 35.0 Å². The number of benzene rings is 4. The molecular weight excluding hydrogens is 506 g/mol. The van der Waals surface area contributed by atoms with Crippen LogP contribution in [0.3, 0.4) is 0 Å². The van der Waals surface area contributed by atoms with Crippen LogP contribution in [0.15, 0.2) is 73.1 Å². The Hall–Kier alpha value is -3.80. The van der Waals surface area contributed by atoms with Crippen LogP contribution in [0.2, 0.25) is 0 Å². The Bertz CT molecular complexity index is 1960. The van der Waals surface area contributed by atoms with Gasteiger partial charge in [-0.15, -0.1) is 0 Å². The predicted molar refractivity (Wildman–Crippen MR) is 168 cm³/mol. The lowest BCUT2D eigenvalue weighted by Crippen LogP contribution is -2.48. The van der Waals surface area contributed by atoms with Gasteiger partial charge in [0.1, 0.15) is 17.1 Å². The van der Waals surface area contributed by atoms with Gasteiger partial charge in [0.05, 0.1) is 12.1 Å². The van der Waals surface area contributed by atoms with Crippen molar-refractivity contribution in [2.24, 2.45) is 7.05 Å². The summed E-state index contributed by atoms with van der Waals surface area (Å²) < 4.78 is 10.3. The maximum atomic E-state index is 10.3. The molecule has 0 bridgehead atoms. The molecule has 2 unspecified atom stereocenters. The second-order valence-corrected chi connectivity index (χ2v) is 12.6. The van der Waals surface area contributed by atoms with Crippen molar-refractivity contribution in [1.82, 2.24) is 9.55 Å². The minimum Gasteiger partial charge on any atom is -0.396 e. The van der Waals surface area contributed by atoms with Crippen molar-refractivity contribution in [2.75, 3.05) is 20.3 Å². The maximum absolute atomic E-state index is 10.3. The van der Waals surface area contributed by atoms with Gasteiger partial charge in [0.25, 0.3) is 12.0 Å². The Labute approximate surface area is 241 Å². The molecule has 41 heavy (non-hydrogen) atoms. The molecule has 1 aliphatic rings. The highest BCUT2D eigenvalue weighted by molar-refractivity contribution is 6.20. The minimum atomic E-state index is -0.0417. The first kappa shape index (κ1) is 26.1. The zero-order chi connectivity index (χ0) is 28.5. The first-order chi connectivity index (χ1) is 19.8. The third-order valence-corrected chi connectivity index (χ3v) is 9.25. The molecule has 0 radical (unpaired) electrons. The van der Waals surface area contributed by atoms with Crippen molar-refractivity contribution in [1.29, 1.82) is 0 Å². The maximum Gasteiger partial charge on any atom is 0.289 e. The highest BCUT2D eigenvalue weighted by Crippen LogP contribution is 2.50. The average molecular weight is 545 g/mol. The van der Waals surface area contributed by atoms with Crippen molar-refractivity contribution in [3.05, 3.63) is 84.2 Å². The molecule has 1 N–H and O–H groups in total. The van der Waals surface area contributed by atoms with E-state index in [0.717, 1.165) is 12.1 Å². The Kier molecular flexibility index (Phi) is 6.14. The van der Waals surface area contributed by atoms with Crippen LogP contribution in [0.1, 0.15) is 56.7 Å². The molecule has 7 rings (SSSR count). The summed E-state index contributed by atoms with van der Waals surface area (Å²) in [4.78, 5) is 5.12. The van der Waals surface area contributed by atoms with Crippen LogP contribution >= 0.6 is 0 Å². The summed E-state index contributed by atoms with van der Waals surface area (Å²) >= 11 is 0. The number of aliphatic hydroxyl groups is 1. The summed E-state index contributed by atoms with van der Waals surface area (Å²) in [6.45, 7) is 7.68. The number of methoxy groups -OCH3 is 1. The van der Waals surface area contributed by atoms with E-state index in [0.29, 0.717) is 13.0 Å². The van der Waals surface area contributed by atoms with Gasteiger partial charge in [-0.25, -0.2) is 4.57 Å². The number of aryl methyl sites for hydroxylation is 1. The van der Waals surface area contributed by atoms with E-state index in [1.807, 2.05) is 6.33 Å². The smallest absolute Gasteiger partial charge is 0.289 e. The third kappa shape index (κ3) is 3.83. The van der Waals surface area contributed by atoms with Gasteiger partial charge in [0.2, 0.25) is 0 Å². The summed E-state index contributed by atoms with van der Waals surface area (Å²) in [6.07, 6.45) is 3.57. The first-order valence-corrected chi connectivity index (χ1v) is 14.7. The molecule has 0 saturated heterocycles. The molecule has 1 aliphatic heterocycles. The van der Waals surface area contributed by atoms with Crippen molar-refractivity contribution in [3.8, 4) is 11.3 Å². The van der Waals surface area contributed by atoms with E-state index in [4.69, 9.17) is 9.72 Å². The van der Waals surface area contributed by atoms with E-state index < -0.39 is 0 Å². The van der Waals surface area contributed by atoms with Gasteiger partial charge in [-0.1, -0.05) is 81.4 Å². The number of rotatable bonds is 5. The molecule has 3 heterocycles. The van der Waals surface area contributed by atoms with Crippen molar-refractivity contribution in [2.45, 2.75) is 51.0 Å². The van der Waals surface area contributed by atoms with Crippen LogP contribution in [-0.2, 0) is 17.2 Å². The van der Waals surface area contributed by atoms with Gasteiger partial charge in [-0.2, -0.15) is 0 Å². The molecule has 208 valence electrons. The van der Waals surface area contributed by atoms with Crippen molar-refractivity contribution >= 4 is 43.5 Å². The molecule has 0 amide bonds. The molecule has 5 nitrogen and oxygen atoms in total. The Morgan fingerprint density at radius 2 is 1.66 bits per heavy atom. The molecule has 4 aromatic carbocycles. The number of hydrogen-bond acceptors (Lipinski definition) is 3. The number of fused-ring (bicyclic) bond motifs is 11. The van der Waals surface area contributed by atoms with Gasteiger partial charge < -0.3 is 14.4 Å². The largest absolute Gasteiger partial charge is 0.396 e. The van der Waals surface area contributed by atoms with Crippen LogP contribution in [0.25, 0.3) is 54.7 Å². The predicted octanol–water partition coefficient (Wildman–Crippen LogP) is 7.34. The fourth-order valence-corrected chi connectivity index (χ4v) is 7.48. The molecule has 6 aromatic rings. The summed E-state index contributed by atoms with van der Waals surface area (Å²) in [7, 11) is 3.91. The zero-order valence-corrected chi connectivity index (χ0v) is 24.6. The number of aliphatic hydroxyl groups excluding tert-OH is 1. The molecule has 0 spiro atoms. The fourth-order valence-electron chi connectivity index (χ4n) is 7.48. The quantitative estimate of drug-likeness (QED) is 0.231. The summed E-state index contributed by atoms with van der Waals surface area (Å²) in [5.41, 5.74) is 7.32. The van der Waals surface area contributed by atoms with E-state index in [1.54, 1.807) is 7.11 Å². The second-order valence-electron chi connectivity index (χ2n) is 12.6. The van der Waals surface area contributed by atoms with Gasteiger partial charge >= 0.3 is 0 Å². The molecule has 0 fully saturated rings. The SMILES string of the molecule is COCCC1C(CCO)c2c(cc(C(C)(C)C)c3ccccc23)-c2c3c4ccc5ccccc5c4n(C)c3nc[n+]21. The third-order valence-electron chi connectivity index (χ3n) is 9.25. The first-order valence-electron chi connectivity index (χ1n) is 14.7. The van der Waals surface area contributed by atoms with Gasteiger partial charge in [-0.3, -0.25) is 0 Å². The van der Waals surface area contributed by atoms with Gasteiger partial charge in [-0.05, 0) is 50.2 Å². The molecule has 0 saturated carbocycles. The number of nitrogens with zero attached hydrogens (tertiary/aromatic N) is 3. The van der Waals surface area contributed by atoms with Crippen LogP contribution in [0.5, 0.6) is 0 Å². The molecule has 2 atom stereocenters. The van der Waals surface area contributed by atoms with Gasteiger partial charge in [0.15, 0.2) is 0 Å². The monoisotopic (exact) mass is 544 g/mol. The summed E-state index contributed by atoms with van der Waals surface area (Å²) in [5.74, 6) is 0.136. The van der Waals surface area contributed by atoms with Crippen molar-refractivity contribution in [3.63, 3.8) is 0 Å². The minimum absolute atomic E-state index is 0.0417. The van der Waals surface area contributed by atoms with Gasteiger partial charge in [0, 0.05) is 49.4 Å². The fraction of sp³-hybridized carbons (Fsp3) is 0.333. The summed E-state index contributed by atoms with van der Waals surface area (Å²) in [6, 6.07) is 24.5. The number of hydrogen-bond donors (Lipinski definition) is 1. The lowest BCUT2D eigenvalue weighted by atomic mass is 9.73. The lowest BCUT2D eigenvalue weighted by molar-refractivity contribution is -0.720. The van der Waals surface area contributed by atoms with Crippen LogP contribution in [0.4, 0.5) is 0 Å². The molecule has 0 aliphatic carbocycles. The van der Waals surface area contributed by atoms with E-state index in [-0.39, 0.29) is 24.0 Å². The highest BCUT2D eigenvalue weighted by Gasteiger charge is 2.41. The Balaban J connectivity index is 1.69. The normalized spacial score (nSPS) is 17.0. The Morgan fingerprint density at radius 1 is 0.927 bits per heavy atom. The topological polar surface area (TPSA) is 51.2 Å². The molecular formula is C36H38N3O2+. The lowest BCUT2D eigenvalue weighted by Gasteiger charge is -2.35. The number of aromatic nitrogens is 3. The van der Waals surface area contributed by atoms with E-state index in [2.05, 4.69) is 104 Å². The van der Waals surface area contributed by atoms with Crippen molar-refractivity contribution < 1.29 is 14.4 Å². The van der Waals surface area contributed by atoms with Crippen LogP contribution in [0, 0.1) is 0 Å². The van der Waals surface area contributed by atoms with E-state index >= 15 is 0 Å². The van der Waals surface area contributed by atoms with E-state index in [9.17, 15) is 5.11 Å². The number of ether oxygens (including phenoxy) is 1. The summed E-state index contributed by atoms with van der Waals surface area (Å²) in [5, 5.41) is 17.8. The Morgan fingerprint density at radius 3 is 2.39 bits per heavy atom. The van der Waals surface area contributed by atoms with E-state index in [1.165, 1.54) is 60.2 Å². The molecule has 2 aromatic heterocycles. The second kappa shape index (κ2) is 9.64. The van der Waals surface area contributed by atoms with Crippen LogP contribution < -0.4 is 4.57 Å². The highest BCUT2D eigenvalue weighted by atomic mass is 16.5. The molecule has 5 heteroatoms. The average Bonchev–Trinajstić information content (AvgIpc) is 3.27. The zero-order valence-electron chi connectivity index (χ0n) is 24.6. The standard InChI is InChI=1S/C36H38N3O2/c1-36(2,3)29-20-28-31(25-13-9-8-12-24(25)29)26(16-18-40)30(17-19-41-5)39-21-37-35-32(34(28)39)27-15-14-22-10-6-7-11-23(22)33(27)38(35)4/h6-15,20-21,26,30,40H,16-19H2,1-5H3/q+1.